The fraction of sp³-hybridized carbons (Fsp3) is 0.182. The number of tetrazole rings is 1. The molecule has 0 bridgehead atoms. The Bertz CT molecular complexity index is 582. The van der Waals surface area contributed by atoms with Gasteiger partial charge in [-0.2, -0.15) is 4.68 Å². The van der Waals surface area contributed by atoms with Crippen LogP contribution in [0.2, 0.25) is 0 Å². The molecular formula is C11H11N5O3. The molecule has 0 radical (unpaired) electrons. The van der Waals surface area contributed by atoms with E-state index >= 15 is 0 Å². The van der Waals surface area contributed by atoms with E-state index in [2.05, 4.69) is 20.8 Å². The summed E-state index contributed by atoms with van der Waals surface area (Å²) in [4.78, 5) is 22.0. The molecule has 8 heteroatoms. The molecule has 0 fully saturated rings. The second kappa shape index (κ2) is 5.71. The van der Waals surface area contributed by atoms with E-state index in [0.717, 1.165) is 0 Å². The van der Waals surface area contributed by atoms with Gasteiger partial charge in [-0.05, 0) is 22.6 Å². The molecule has 0 saturated carbocycles. The number of para-hydroxylation sites is 2. The van der Waals surface area contributed by atoms with Crippen molar-refractivity contribution in [2.24, 2.45) is 0 Å². The number of nitrogens with one attached hydrogen (secondary N) is 1. The predicted molar refractivity (Wildman–Crippen MR) is 64.7 cm³/mol. The minimum absolute atomic E-state index is 0.0841. The molecule has 0 aliphatic rings. The summed E-state index contributed by atoms with van der Waals surface area (Å²) < 4.78 is 1.41. The minimum atomic E-state index is -1.01. The minimum Gasteiger partial charge on any atom is -0.481 e. The molecule has 1 amide bonds. The highest BCUT2D eigenvalue weighted by Gasteiger charge is 2.10. The number of carboxylic acids is 1. The molecule has 0 saturated heterocycles. The number of aromatic nitrogens is 4. The van der Waals surface area contributed by atoms with Crippen LogP contribution in [0.5, 0.6) is 0 Å². The molecule has 1 heterocycles. The zero-order valence-electron chi connectivity index (χ0n) is 9.85. The van der Waals surface area contributed by atoms with Crippen molar-refractivity contribution in [1.82, 2.24) is 20.2 Å². The molecule has 1 aromatic heterocycles. The third-order valence-electron chi connectivity index (χ3n) is 2.34. The third-order valence-corrected chi connectivity index (χ3v) is 2.34. The van der Waals surface area contributed by atoms with Crippen LogP contribution in [0.1, 0.15) is 12.8 Å². The molecule has 19 heavy (non-hydrogen) atoms. The van der Waals surface area contributed by atoms with Crippen molar-refractivity contribution in [1.29, 1.82) is 0 Å². The lowest BCUT2D eigenvalue weighted by atomic mass is 10.2. The summed E-state index contributed by atoms with van der Waals surface area (Å²) in [6, 6.07) is 6.96. The lowest BCUT2D eigenvalue weighted by Gasteiger charge is -2.09. The van der Waals surface area contributed by atoms with Gasteiger partial charge in [0.2, 0.25) is 5.91 Å². The maximum Gasteiger partial charge on any atom is 0.303 e. The Balaban J connectivity index is 2.12. The number of hydrogen-bond donors (Lipinski definition) is 2. The van der Waals surface area contributed by atoms with Crippen LogP contribution >= 0.6 is 0 Å². The van der Waals surface area contributed by atoms with Crippen LogP contribution in [0.3, 0.4) is 0 Å². The Morgan fingerprint density at radius 1 is 1.26 bits per heavy atom. The number of nitrogens with zero attached hydrogens (tertiary/aromatic N) is 4. The van der Waals surface area contributed by atoms with E-state index in [1.165, 1.54) is 11.0 Å². The summed E-state index contributed by atoms with van der Waals surface area (Å²) in [7, 11) is 0. The van der Waals surface area contributed by atoms with E-state index in [1.807, 2.05) is 0 Å². The van der Waals surface area contributed by atoms with Crippen LogP contribution in [0.4, 0.5) is 5.69 Å². The monoisotopic (exact) mass is 261 g/mol. The highest BCUT2D eigenvalue weighted by Crippen LogP contribution is 2.18. The maximum absolute atomic E-state index is 11.6. The number of carbonyl (C=O) groups is 2. The fourth-order valence-electron chi connectivity index (χ4n) is 1.48. The van der Waals surface area contributed by atoms with Gasteiger partial charge in [-0.25, -0.2) is 0 Å². The number of amides is 1. The van der Waals surface area contributed by atoms with E-state index in [0.29, 0.717) is 11.4 Å². The molecule has 98 valence electrons. The van der Waals surface area contributed by atoms with Crippen molar-refractivity contribution in [3.8, 4) is 5.69 Å². The van der Waals surface area contributed by atoms with Crippen molar-refractivity contribution in [3.63, 3.8) is 0 Å². The summed E-state index contributed by atoms with van der Waals surface area (Å²) in [6.45, 7) is 0. The first kappa shape index (κ1) is 12.7. The molecule has 2 N–H and O–H groups in total. The van der Waals surface area contributed by atoms with Crippen LogP contribution in [-0.2, 0) is 9.59 Å². The molecule has 1 aromatic carbocycles. The third kappa shape index (κ3) is 3.35. The number of benzene rings is 1. The Labute approximate surface area is 108 Å². The summed E-state index contributed by atoms with van der Waals surface area (Å²) in [5.41, 5.74) is 1.13. The van der Waals surface area contributed by atoms with Gasteiger partial charge in [0.05, 0.1) is 17.8 Å². The summed E-state index contributed by atoms with van der Waals surface area (Å²) >= 11 is 0. The zero-order valence-corrected chi connectivity index (χ0v) is 9.85. The van der Waals surface area contributed by atoms with E-state index < -0.39 is 5.97 Å². The van der Waals surface area contributed by atoms with Crippen molar-refractivity contribution in [3.05, 3.63) is 30.6 Å². The molecular weight excluding hydrogens is 250 g/mol. The summed E-state index contributed by atoms with van der Waals surface area (Å²) in [6.07, 6.45) is 1.11. The molecule has 0 aliphatic carbocycles. The zero-order chi connectivity index (χ0) is 13.7. The normalized spacial score (nSPS) is 10.1. The lowest BCUT2D eigenvalue weighted by Crippen LogP contribution is -2.15. The van der Waals surface area contributed by atoms with E-state index in [4.69, 9.17) is 5.11 Å². The average molecular weight is 261 g/mol. The van der Waals surface area contributed by atoms with Crippen molar-refractivity contribution in [2.45, 2.75) is 12.8 Å². The standard InChI is InChI=1S/C11H11N5O3/c17-10(5-6-11(18)19)13-8-3-1-2-4-9(8)16-7-12-14-15-16/h1-4,7H,5-6H2,(H,13,17)(H,18,19). The van der Waals surface area contributed by atoms with Gasteiger partial charge >= 0.3 is 5.97 Å². The second-order valence-corrected chi connectivity index (χ2v) is 3.71. The smallest absolute Gasteiger partial charge is 0.303 e. The number of aliphatic carboxylic acids is 1. The van der Waals surface area contributed by atoms with Crippen LogP contribution in [0.15, 0.2) is 30.6 Å². The molecule has 0 unspecified atom stereocenters. The molecule has 2 rings (SSSR count). The van der Waals surface area contributed by atoms with E-state index in [9.17, 15) is 9.59 Å². The first-order valence-corrected chi connectivity index (χ1v) is 5.51. The van der Waals surface area contributed by atoms with Crippen LogP contribution in [-0.4, -0.2) is 37.2 Å². The first-order valence-electron chi connectivity index (χ1n) is 5.51. The maximum atomic E-state index is 11.6. The van der Waals surface area contributed by atoms with Crippen molar-refractivity contribution in [2.75, 3.05) is 5.32 Å². The van der Waals surface area contributed by atoms with Gasteiger partial charge in [0, 0.05) is 6.42 Å². The number of hydrogen-bond acceptors (Lipinski definition) is 5. The summed E-state index contributed by atoms with van der Waals surface area (Å²) in [5.74, 6) is -1.38. The van der Waals surface area contributed by atoms with E-state index in [-0.39, 0.29) is 18.7 Å². The topological polar surface area (TPSA) is 110 Å². The van der Waals surface area contributed by atoms with Gasteiger partial charge in [0.1, 0.15) is 6.33 Å². The van der Waals surface area contributed by atoms with Crippen LogP contribution in [0.25, 0.3) is 5.69 Å². The van der Waals surface area contributed by atoms with Crippen LogP contribution in [0, 0.1) is 0 Å². The Morgan fingerprint density at radius 2 is 2.05 bits per heavy atom. The molecule has 0 atom stereocenters. The largest absolute Gasteiger partial charge is 0.481 e. The van der Waals surface area contributed by atoms with Crippen molar-refractivity contribution < 1.29 is 14.7 Å². The molecule has 0 aliphatic heterocycles. The lowest BCUT2D eigenvalue weighted by molar-refractivity contribution is -0.138. The first-order chi connectivity index (χ1) is 9.16. The van der Waals surface area contributed by atoms with Gasteiger partial charge in [0.15, 0.2) is 0 Å². The van der Waals surface area contributed by atoms with Crippen LogP contribution < -0.4 is 5.32 Å². The number of carboxylic acid groups (broad SMARTS) is 1. The predicted octanol–water partition coefficient (Wildman–Crippen LogP) is 0.466. The molecule has 2 aromatic rings. The highest BCUT2D eigenvalue weighted by atomic mass is 16.4. The second-order valence-electron chi connectivity index (χ2n) is 3.71. The highest BCUT2D eigenvalue weighted by molar-refractivity contribution is 5.94. The molecule has 8 nitrogen and oxygen atoms in total. The van der Waals surface area contributed by atoms with Gasteiger partial charge in [0.25, 0.3) is 0 Å². The summed E-state index contributed by atoms with van der Waals surface area (Å²) in [5, 5.41) is 21.9. The number of anilines is 1. The Kier molecular flexibility index (Phi) is 3.81. The van der Waals surface area contributed by atoms with Gasteiger partial charge < -0.3 is 10.4 Å². The van der Waals surface area contributed by atoms with E-state index in [1.54, 1.807) is 24.3 Å². The van der Waals surface area contributed by atoms with Gasteiger partial charge in [-0.1, -0.05) is 12.1 Å². The number of rotatable bonds is 5. The SMILES string of the molecule is O=C(O)CCC(=O)Nc1ccccc1-n1cnnn1. The molecule has 0 spiro atoms. The fourth-order valence-corrected chi connectivity index (χ4v) is 1.48. The average Bonchev–Trinajstić information content (AvgIpc) is 2.91. The Hall–Kier alpha value is -2.77. The van der Waals surface area contributed by atoms with Crippen molar-refractivity contribution >= 4 is 17.6 Å². The number of carbonyl (C=O) groups excluding carboxylic acids is 1. The quantitative estimate of drug-likeness (QED) is 0.809. The van der Waals surface area contributed by atoms with Gasteiger partial charge in [-0.15, -0.1) is 5.10 Å². The Morgan fingerprint density at radius 3 is 2.74 bits per heavy atom. The van der Waals surface area contributed by atoms with Gasteiger partial charge in [-0.3, -0.25) is 9.59 Å².